The molecule has 0 spiro atoms. The molecule has 4 nitrogen and oxygen atoms in total. The molecular formula is C15H31N3O. The van der Waals surface area contributed by atoms with Crippen LogP contribution in [0.2, 0.25) is 0 Å². The summed E-state index contributed by atoms with van der Waals surface area (Å²) in [6.07, 6.45) is 1.87. The van der Waals surface area contributed by atoms with Crippen molar-refractivity contribution in [3.05, 3.63) is 0 Å². The molecule has 1 N–H and O–H groups in total. The van der Waals surface area contributed by atoms with Crippen LogP contribution in [0.5, 0.6) is 0 Å². The van der Waals surface area contributed by atoms with Gasteiger partial charge in [0, 0.05) is 25.7 Å². The molecule has 0 rings (SSSR count). The van der Waals surface area contributed by atoms with E-state index in [0.717, 1.165) is 32.5 Å². The molecule has 0 bridgehead atoms. The predicted molar refractivity (Wildman–Crippen MR) is 80.1 cm³/mol. The minimum atomic E-state index is -0.449. The molecule has 0 radical (unpaired) electrons. The topological polar surface area (TPSA) is 48.3 Å². The third-order valence-electron chi connectivity index (χ3n) is 3.50. The molecule has 0 saturated carbocycles. The third kappa shape index (κ3) is 6.91. The lowest BCUT2D eigenvalue weighted by Gasteiger charge is -2.36. The standard InChI is InChI=1S/C15H31N3O/c1-7-8-17-15(5,12-16)11-14(4)18(13(2)3)9-10-19-6/h13-14,17H,7-11H2,1-6H3. The van der Waals surface area contributed by atoms with Gasteiger partial charge in [-0.05, 0) is 47.1 Å². The highest BCUT2D eigenvalue weighted by Crippen LogP contribution is 2.17. The van der Waals surface area contributed by atoms with Crippen LogP contribution in [0.1, 0.15) is 47.5 Å². The monoisotopic (exact) mass is 269 g/mol. The molecule has 0 aliphatic carbocycles. The van der Waals surface area contributed by atoms with Crippen molar-refractivity contribution < 1.29 is 4.74 Å². The zero-order chi connectivity index (χ0) is 14.9. The molecule has 19 heavy (non-hydrogen) atoms. The van der Waals surface area contributed by atoms with Crippen LogP contribution in [0.25, 0.3) is 0 Å². The van der Waals surface area contributed by atoms with Crippen molar-refractivity contribution in [2.75, 3.05) is 26.8 Å². The van der Waals surface area contributed by atoms with Crippen LogP contribution in [0.15, 0.2) is 0 Å². The Balaban J connectivity index is 4.58. The van der Waals surface area contributed by atoms with Crippen molar-refractivity contribution in [3.8, 4) is 6.07 Å². The van der Waals surface area contributed by atoms with Gasteiger partial charge in [0.25, 0.3) is 0 Å². The lowest BCUT2D eigenvalue weighted by atomic mass is 9.93. The molecule has 0 heterocycles. The minimum Gasteiger partial charge on any atom is -0.383 e. The fourth-order valence-electron chi connectivity index (χ4n) is 2.45. The van der Waals surface area contributed by atoms with Crippen LogP contribution in [0.4, 0.5) is 0 Å². The van der Waals surface area contributed by atoms with E-state index in [1.807, 2.05) is 6.92 Å². The minimum absolute atomic E-state index is 0.351. The Labute approximate surface area is 119 Å². The van der Waals surface area contributed by atoms with Crippen molar-refractivity contribution in [2.45, 2.75) is 65.1 Å². The molecular weight excluding hydrogens is 238 g/mol. The fourth-order valence-corrected chi connectivity index (χ4v) is 2.45. The van der Waals surface area contributed by atoms with Crippen molar-refractivity contribution >= 4 is 0 Å². The molecule has 112 valence electrons. The number of methoxy groups -OCH3 is 1. The maximum Gasteiger partial charge on any atom is 0.105 e. The molecule has 0 amide bonds. The van der Waals surface area contributed by atoms with Crippen LogP contribution < -0.4 is 5.32 Å². The molecule has 0 aliphatic rings. The molecule has 4 heteroatoms. The highest BCUT2D eigenvalue weighted by atomic mass is 16.5. The van der Waals surface area contributed by atoms with Crippen molar-refractivity contribution in [1.82, 2.24) is 10.2 Å². The van der Waals surface area contributed by atoms with Gasteiger partial charge in [0.2, 0.25) is 0 Å². The lowest BCUT2D eigenvalue weighted by Crippen LogP contribution is -2.49. The maximum atomic E-state index is 9.40. The average molecular weight is 269 g/mol. The molecule has 0 fully saturated rings. The summed E-state index contributed by atoms with van der Waals surface area (Å²) in [5, 5.41) is 12.8. The highest BCUT2D eigenvalue weighted by molar-refractivity contribution is 5.05. The molecule has 2 atom stereocenters. The molecule has 0 aromatic carbocycles. The molecule has 0 aromatic heterocycles. The van der Waals surface area contributed by atoms with Crippen LogP contribution in [0, 0.1) is 11.3 Å². The first-order chi connectivity index (χ1) is 8.90. The number of nitrogens with zero attached hydrogens (tertiary/aromatic N) is 2. The van der Waals surface area contributed by atoms with Gasteiger partial charge in [0.05, 0.1) is 12.7 Å². The first-order valence-corrected chi connectivity index (χ1v) is 7.31. The van der Waals surface area contributed by atoms with Crippen LogP contribution >= 0.6 is 0 Å². The first kappa shape index (κ1) is 18.4. The molecule has 0 aromatic rings. The van der Waals surface area contributed by atoms with E-state index in [0.29, 0.717) is 12.1 Å². The summed E-state index contributed by atoms with van der Waals surface area (Å²) in [4.78, 5) is 2.40. The third-order valence-corrected chi connectivity index (χ3v) is 3.50. The Kier molecular flexibility index (Phi) is 8.99. The quantitative estimate of drug-likeness (QED) is 0.661. The van der Waals surface area contributed by atoms with Gasteiger partial charge in [0.15, 0.2) is 0 Å². The number of ether oxygens (including phenoxy) is 1. The van der Waals surface area contributed by atoms with E-state index in [2.05, 4.69) is 44.0 Å². The van der Waals surface area contributed by atoms with E-state index >= 15 is 0 Å². The van der Waals surface area contributed by atoms with Gasteiger partial charge in [-0.25, -0.2) is 0 Å². The van der Waals surface area contributed by atoms with Crippen LogP contribution in [-0.2, 0) is 4.74 Å². The van der Waals surface area contributed by atoms with Gasteiger partial charge < -0.3 is 4.74 Å². The smallest absolute Gasteiger partial charge is 0.105 e. The second kappa shape index (κ2) is 9.30. The fraction of sp³-hybridized carbons (Fsp3) is 0.933. The number of hydrogen-bond acceptors (Lipinski definition) is 4. The van der Waals surface area contributed by atoms with Crippen LogP contribution in [0.3, 0.4) is 0 Å². The summed E-state index contributed by atoms with van der Waals surface area (Å²) in [5.74, 6) is 0. The van der Waals surface area contributed by atoms with E-state index < -0.39 is 5.54 Å². The lowest BCUT2D eigenvalue weighted by molar-refractivity contribution is 0.0902. The summed E-state index contributed by atoms with van der Waals surface area (Å²) < 4.78 is 5.17. The Bertz CT molecular complexity index is 275. The molecule has 0 saturated heterocycles. The van der Waals surface area contributed by atoms with E-state index in [-0.39, 0.29) is 0 Å². The van der Waals surface area contributed by atoms with Crippen molar-refractivity contribution in [2.24, 2.45) is 0 Å². The van der Waals surface area contributed by atoms with E-state index in [9.17, 15) is 5.26 Å². The van der Waals surface area contributed by atoms with E-state index in [1.54, 1.807) is 7.11 Å². The number of rotatable bonds is 10. The van der Waals surface area contributed by atoms with E-state index in [4.69, 9.17) is 4.74 Å². The average Bonchev–Trinajstić information content (AvgIpc) is 2.36. The number of nitriles is 1. The highest BCUT2D eigenvalue weighted by Gasteiger charge is 2.29. The Morgan fingerprint density at radius 3 is 2.42 bits per heavy atom. The zero-order valence-corrected chi connectivity index (χ0v) is 13.5. The molecule has 0 aliphatic heterocycles. The summed E-state index contributed by atoms with van der Waals surface area (Å²) in [7, 11) is 1.73. The molecule has 2 unspecified atom stereocenters. The SMILES string of the molecule is CCCNC(C)(C#N)CC(C)N(CCOC)C(C)C. The largest absolute Gasteiger partial charge is 0.383 e. The summed E-state index contributed by atoms with van der Waals surface area (Å²) in [5.41, 5.74) is -0.449. The maximum absolute atomic E-state index is 9.40. The van der Waals surface area contributed by atoms with Gasteiger partial charge >= 0.3 is 0 Å². The van der Waals surface area contributed by atoms with Crippen molar-refractivity contribution in [3.63, 3.8) is 0 Å². The zero-order valence-electron chi connectivity index (χ0n) is 13.5. The summed E-state index contributed by atoms with van der Waals surface area (Å²) in [6, 6.07) is 3.23. The Morgan fingerprint density at radius 2 is 2.00 bits per heavy atom. The van der Waals surface area contributed by atoms with Gasteiger partial charge in [-0.3, -0.25) is 10.2 Å². The summed E-state index contributed by atoms with van der Waals surface area (Å²) in [6.45, 7) is 13.2. The first-order valence-electron chi connectivity index (χ1n) is 7.31. The summed E-state index contributed by atoms with van der Waals surface area (Å²) >= 11 is 0. The van der Waals surface area contributed by atoms with Gasteiger partial charge in [-0.1, -0.05) is 6.92 Å². The Morgan fingerprint density at radius 1 is 1.37 bits per heavy atom. The van der Waals surface area contributed by atoms with Gasteiger partial charge in [0.1, 0.15) is 5.54 Å². The van der Waals surface area contributed by atoms with E-state index in [1.165, 1.54) is 0 Å². The second-order valence-corrected chi connectivity index (χ2v) is 5.75. The number of hydrogen-bond donors (Lipinski definition) is 1. The van der Waals surface area contributed by atoms with Crippen LogP contribution in [-0.4, -0.2) is 49.3 Å². The normalized spacial score (nSPS) is 16.4. The second-order valence-electron chi connectivity index (χ2n) is 5.75. The van der Waals surface area contributed by atoms with Gasteiger partial charge in [-0.15, -0.1) is 0 Å². The predicted octanol–water partition coefficient (Wildman–Crippen LogP) is 2.40. The Hall–Kier alpha value is -0.630. The number of nitrogens with one attached hydrogen (secondary N) is 1. The van der Waals surface area contributed by atoms with Crippen molar-refractivity contribution in [1.29, 1.82) is 5.26 Å². The van der Waals surface area contributed by atoms with Gasteiger partial charge in [-0.2, -0.15) is 5.26 Å².